The van der Waals surface area contributed by atoms with Crippen LogP contribution in [0.4, 0.5) is 0 Å². The Kier molecular flexibility index (Phi) is 3.55. The quantitative estimate of drug-likeness (QED) is 0.920. The van der Waals surface area contributed by atoms with Crippen molar-refractivity contribution in [2.24, 2.45) is 0 Å². The topological polar surface area (TPSA) is 38.7 Å². The Morgan fingerprint density at radius 1 is 1.05 bits per heavy atom. The highest BCUT2D eigenvalue weighted by Crippen LogP contribution is 2.35. The Morgan fingerprint density at radius 2 is 1.80 bits per heavy atom. The average Bonchev–Trinajstić information content (AvgIpc) is 2.48. The number of benzene rings is 2. The summed E-state index contributed by atoms with van der Waals surface area (Å²) >= 11 is 6.01. The number of ether oxygens (including phenoxy) is 2. The maximum atomic E-state index is 10.5. The summed E-state index contributed by atoms with van der Waals surface area (Å²) in [5.74, 6) is 1.39. The lowest BCUT2D eigenvalue weighted by molar-refractivity contribution is 0.169. The molecule has 0 saturated carbocycles. The Bertz CT molecular complexity index is 640. The molecule has 2 aromatic rings. The molecule has 0 saturated heterocycles. The van der Waals surface area contributed by atoms with Crippen LogP contribution in [0.3, 0.4) is 0 Å². The fourth-order valence-corrected chi connectivity index (χ4v) is 2.50. The van der Waals surface area contributed by atoms with Gasteiger partial charge >= 0.3 is 0 Å². The van der Waals surface area contributed by atoms with Crippen molar-refractivity contribution in [3.63, 3.8) is 0 Å². The number of halogens is 1. The molecule has 1 aliphatic rings. The Balaban J connectivity index is 1.97. The van der Waals surface area contributed by atoms with E-state index in [0.717, 1.165) is 22.4 Å². The van der Waals surface area contributed by atoms with E-state index in [2.05, 4.69) is 0 Å². The van der Waals surface area contributed by atoms with Gasteiger partial charge in [0.15, 0.2) is 11.5 Å². The Morgan fingerprint density at radius 3 is 2.60 bits per heavy atom. The zero-order chi connectivity index (χ0) is 14.1. The van der Waals surface area contributed by atoms with Crippen molar-refractivity contribution in [2.45, 2.75) is 13.0 Å². The van der Waals surface area contributed by atoms with Crippen LogP contribution in [-0.4, -0.2) is 18.3 Å². The van der Waals surface area contributed by atoms with Crippen LogP contribution in [-0.2, 0) is 0 Å². The first-order valence-corrected chi connectivity index (χ1v) is 6.86. The number of fused-ring (bicyclic) bond motifs is 1. The van der Waals surface area contributed by atoms with Crippen LogP contribution in [0, 0.1) is 6.92 Å². The van der Waals surface area contributed by atoms with Crippen molar-refractivity contribution in [3.8, 4) is 11.5 Å². The Hall–Kier alpha value is -1.71. The number of aliphatic hydroxyl groups excluding tert-OH is 1. The Labute approximate surface area is 122 Å². The molecule has 104 valence electrons. The third kappa shape index (κ3) is 2.47. The zero-order valence-corrected chi connectivity index (χ0v) is 11.9. The minimum Gasteiger partial charge on any atom is -0.486 e. The summed E-state index contributed by atoms with van der Waals surface area (Å²) in [4.78, 5) is 0. The molecular formula is C16H15ClO3. The summed E-state index contributed by atoms with van der Waals surface area (Å²) in [7, 11) is 0. The van der Waals surface area contributed by atoms with Gasteiger partial charge in [0.05, 0.1) is 0 Å². The molecule has 0 aromatic heterocycles. The predicted molar refractivity (Wildman–Crippen MR) is 77.7 cm³/mol. The molecule has 1 heterocycles. The zero-order valence-electron chi connectivity index (χ0n) is 11.1. The molecule has 4 heteroatoms. The molecule has 1 N–H and O–H groups in total. The van der Waals surface area contributed by atoms with Gasteiger partial charge in [-0.05, 0) is 47.9 Å². The first kappa shape index (κ1) is 13.3. The maximum absolute atomic E-state index is 10.5. The van der Waals surface area contributed by atoms with Crippen molar-refractivity contribution in [1.82, 2.24) is 0 Å². The summed E-state index contributed by atoms with van der Waals surface area (Å²) in [6.07, 6.45) is -0.732. The van der Waals surface area contributed by atoms with Crippen LogP contribution in [0.5, 0.6) is 11.5 Å². The van der Waals surface area contributed by atoms with Gasteiger partial charge in [0.25, 0.3) is 0 Å². The fraction of sp³-hybridized carbons (Fsp3) is 0.250. The van der Waals surface area contributed by atoms with E-state index < -0.39 is 6.10 Å². The van der Waals surface area contributed by atoms with E-state index in [4.69, 9.17) is 21.1 Å². The summed E-state index contributed by atoms with van der Waals surface area (Å²) in [6.45, 7) is 3.04. The fourth-order valence-electron chi connectivity index (χ4n) is 2.32. The molecule has 0 aliphatic carbocycles. The molecule has 3 rings (SSSR count). The van der Waals surface area contributed by atoms with E-state index in [1.807, 2.05) is 37.3 Å². The van der Waals surface area contributed by atoms with Gasteiger partial charge in [0, 0.05) is 5.02 Å². The second kappa shape index (κ2) is 5.35. The van der Waals surface area contributed by atoms with Crippen molar-refractivity contribution >= 4 is 11.6 Å². The van der Waals surface area contributed by atoms with Crippen LogP contribution in [0.15, 0.2) is 36.4 Å². The highest BCUT2D eigenvalue weighted by atomic mass is 35.5. The van der Waals surface area contributed by atoms with E-state index >= 15 is 0 Å². The first-order chi connectivity index (χ1) is 9.65. The molecule has 0 bridgehead atoms. The van der Waals surface area contributed by atoms with E-state index in [9.17, 15) is 5.11 Å². The second-order valence-electron chi connectivity index (χ2n) is 4.81. The van der Waals surface area contributed by atoms with Gasteiger partial charge in [-0.15, -0.1) is 0 Å². The van der Waals surface area contributed by atoms with Gasteiger partial charge in [0.2, 0.25) is 0 Å². The summed E-state index contributed by atoms with van der Waals surface area (Å²) in [5, 5.41) is 11.2. The van der Waals surface area contributed by atoms with Gasteiger partial charge in [-0.1, -0.05) is 23.7 Å². The molecule has 20 heavy (non-hydrogen) atoms. The minimum absolute atomic E-state index is 0.530. The molecule has 1 unspecified atom stereocenters. The van der Waals surface area contributed by atoms with Crippen molar-refractivity contribution in [3.05, 3.63) is 58.1 Å². The molecule has 0 fully saturated rings. The van der Waals surface area contributed by atoms with Gasteiger partial charge in [-0.3, -0.25) is 0 Å². The maximum Gasteiger partial charge on any atom is 0.161 e. The highest BCUT2D eigenvalue weighted by Gasteiger charge is 2.18. The van der Waals surface area contributed by atoms with E-state index in [1.165, 1.54) is 0 Å². The van der Waals surface area contributed by atoms with Crippen LogP contribution < -0.4 is 9.47 Å². The summed E-state index contributed by atoms with van der Waals surface area (Å²) < 4.78 is 11.0. The normalized spacial score (nSPS) is 14.9. The lowest BCUT2D eigenvalue weighted by Crippen LogP contribution is -2.15. The van der Waals surface area contributed by atoms with Crippen LogP contribution >= 0.6 is 11.6 Å². The number of aliphatic hydroxyl groups is 1. The third-order valence-corrected chi connectivity index (χ3v) is 3.65. The lowest BCUT2D eigenvalue weighted by atomic mass is 9.97. The van der Waals surface area contributed by atoms with E-state index in [1.54, 1.807) is 6.07 Å². The third-order valence-electron chi connectivity index (χ3n) is 3.42. The highest BCUT2D eigenvalue weighted by molar-refractivity contribution is 6.30. The summed E-state index contributed by atoms with van der Waals surface area (Å²) in [6, 6.07) is 11.0. The number of aryl methyl sites for hydroxylation is 1. The lowest BCUT2D eigenvalue weighted by Gasteiger charge is -2.21. The van der Waals surface area contributed by atoms with Gasteiger partial charge in [-0.25, -0.2) is 0 Å². The molecule has 0 spiro atoms. The SMILES string of the molecule is Cc1ccc(Cl)cc1C(O)c1ccc2c(c1)OCCO2. The smallest absolute Gasteiger partial charge is 0.161 e. The van der Waals surface area contributed by atoms with Crippen LogP contribution in [0.1, 0.15) is 22.8 Å². The molecule has 1 atom stereocenters. The first-order valence-electron chi connectivity index (χ1n) is 6.49. The number of hydrogen-bond acceptors (Lipinski definition) is 3. The van der Waals surface area contributed by atoms with E-state index in [0.29, 0.717) is 24.0 Å². The van der Waals surface area contributed by atoms with Crippen LogP contribution in [0.25, 0.3) is 0 Å². The molecule has 2 aromatic carbocycles. The monoisotopic (exact) mass is 290 g/mol. The predicted octanol–water partition coefficient (Wildman–Crippen LogP) is 3.50. The standard InChI is InChI=1S/C16H15ClO3/c1-10-2-4-12(17)9-13(10)16(18)11-3-5-14-15(8-11)20-7-6-19-14/h2-5,8-9,16,18H,6-7H2,1H3. The molecule has 3 nitrogen and oxygen atoms in total. The van der Waals surface area contributed by atoms with Crippen molar-refractivity contribution in [1.29, 1.82) is 0 Å². The van der Waals surface area contributed by atoms with Gasteiger partial charge in [-0.2, -0.15) is 0 Å². The number of hydrogen-bond donors (Lipinski definition) is 1. The number of rotatable bonds is 2. The van der Waals surface area contributed by atoms with Crippen LogP contribution in [0.2, 0.25) is 5.02 Å². The molecule has 0 radical (unpaired) electrons. The molecule has 0 amide bonds. The summed E-state index contributed by atoms with van der Waals surface area (Å²) in [5.41, 5.74) is 2.56. The molecule has 1 aliphatic heterocycles. The van der Waals surface area contributed by atoms with Gasteiger partial charge < -0.3 is 14.6 Å². The van der Waals surface area contributed by atoms with E-state index in [-0.39, 0.29) is 0 Å². The second-order valence-corrected chi connectivity index (χ2v) is 5.24. The van der Waals surface area contributed by atoms with Crippen molar-refractivity contribution < 1.29 is 14.6 Å². The van der Waals surface area contributed by atoms with Gasteiger partial charge in [0.1, 0.15) is 19.3 Å². The van der Waals surface area contributed by atoms with Crippen molar-refractivity contribution in [2.75, 3.05) is 13.2 Å². The average molecular weight is 291 g/mol. The minimum atomic E-state index is -0.732. The largest absolute Gasteiger partial charge is 0.486 e. The molecular weight excluding hydrogens is 276 g/mol.